The summed E-state index contributed by atoms with van der Waals surface area (Å²) in [5.74, 6) is -1.72. The SMILES string of the molecule is Nc1nc2c(ncn2[C@]2(CC3OCC(O)N(NC(=O)CCl)C3O)O[C@H](CO[P+](=O)OP(=O)(O)O[P+](=O)O)[C@@H](O)[C@H]2O)c(=O)[nH]1. The second kappa shape index (κ2) is 13.7. The number of imidazole rings is 1. The molecule has 0 radical (unpaired) electrons. The smallest absolute Gasteiger partial charge is 0.387 e. The number of hydrogen-bond acceptors (Lipinski definition) is 18. The van der Waals surface area contributed by atoms with Gasteiger partial charge in [0.15, 0.2) is 23.1 Å². The molecule has 27 heteroatoms. The van der Waals surface area contributed by atoms with Gasteiger partial charge in [-0.15, -0.1) is 21.0 Å². The van der Waals surface area contributed by atoms with Gasteiger partial charge in [-0.05, 0) is 0 Å². The highest BCUT2D eigenvalue weighted by molar-refractivity contribution is 7.61. The Morgan fingerprint density at radius 1 is 1.30 bits per heavy atom. The molecule has 2 fully saturated rings. The van der Waals surface area contributed by atoms with Gasteiger partial charge in [0.2, 0.25) is 11.9 Å². The highest BCUT2D eigenvalue weighted by Crippen LogP contribution is 2.57. The van der Waals surface area contributed by atoms with Gasteiger partial charge in [0, 0.05) is 24.2 Å². The lowest BCUT2D eigenvalue weighted by Gasteiger charge is -2.44. The van der Waals surface area contributed by atoms with Crippen molar-refractivity contribution in [2.75, 3.05) is 24.8 Å². The summed E-state index contributed by atoms with van der Waals surface area (Å²) in [4.78, 5) is 52.4. The zero-order valence-electron chi connectivity index (χ0n) is 21.7. The molecule has 44 heavy (non-hydrogen) atoms. The van der Waals surface area contributed by atoms with Crippen LogP contribution >= 0.6 is 35.9 Å². The molecule has 0 bridgehead atoms. The lowest BCUT2D eigenvalue weighted by molar-refractivity contribution is -0.266. The molecule has 10 N–H and O–H groups in total. The number of carbonyl (C=O) groups is 1. The highest BCUT2D eigenvalue weighted by atomic mass is 35.5. The maximum Gasteiger partial charge on any atom is 0.708 e. The first-order valence-corrected chi connectivity index (χ1v) is 16.2. The Hall–Kier alpha value is -2.14. The van der Waals surface area contributed by atoms with Crippen LogP contribution in [0.2, 0.25) is 0 Å². The van der Waals surface area contributed by atoms with Crippen LogP contribution in [0.15, 0.2) is 11.1 Å². The van der Waals surface area contributed by atoms with Crippen molar-refractivity contribution in [3.8, 4) is 0 Å². The number of aromatic nitrogens is 4. The van der Waals surface area contributed by atoms with Crippen molar-refractivity contribution in [1.29, 1.82) is 0 Å². The van der Waals surface area contributed by atoms with Crippen LogP contribution in [0.25, 0.3) is 11.2 Å². The Kier molecular flexibility index (Phi) is 10.8. The van der Waals surface area contributed by atoms with Crippen LogP contribution in [0.5, 0.6) is 0 Å². The molecule has 1 amide bonds. The summed E-state index contributed by atoms with van der Waals surface area (Å²) >= 11 is 5.50. The lowest BCUT2D eigenvalue weighted by Crippen LogP contribution is -2.64. The van der Waals surface area contributed by atoms with Crippen LogP contribution in [0.4, 0.5) is 5.95 Å². The monoisotopic (exact) mass is 711 g/mol. The number of carbonyl (C=O) groups excluding carboxylic acids is 1. The molecule has 244 valence electrons. The number of amides is 1. The van der Waals surface area contributed by atoms with Crippen molar-refractivity contribution >= 4 is 59.0 Å². The number of fused-ring (bicyclic) bond motifs is 1. The summed E-state index contributed by atoms with van der Waals surface area (Å²) in [5, 5.41) is 44.2. The van der Waals surface area contributed by atoms with Gasteiger partial charge >= 0.3 is 24.3 Å². The molecule has 2 aromatic heterocycles. The van der Waals surface area contributed by atoms with Gasteiger partial charge in [-0.3, -0.25) is 29.5 Å². The van der Waals surface area contributed by atoms with E-state index >= 15 is 0 Å². The van der Waals surface area contributed by atoms with Crippen LogP contribution in [0.1, 0.15) is 6.42 Å². The second-order valence-electron chi connectivity index (χ2n) is 9.11. The third kappa shape index (κ3) is 7.29. The summed E-state index contributed by atoms with van der Waals surface area (Å²) in [6, 6.07) is 0. The van der Waals surface area contributed by atoms with E-state index in [1.807, 2.05) is 0 Å². The molecular weight excluding hydrogens is 687 g/mol. The number of ether oxygens (including phenoxy) is 2. The number of hydrazine groups is 1. The molecule has 0 spiro atoms. The van der Waals surface area contributed by atoms with E-state index in [9.17, 15) is 48.6 Å². The van der Waals surface area contributed by atoms with E-state index in [0.717, 1.165) is 15.9 Å². The molecule has 2 aliphatic rings. The molecule has 2 saturated heterocycles. The maximum absolute atomic E-state index is 12.4. The standard InChI is InChI=1S/C17H23ClN7O16P3/c18-2-8(26)23-25-9(27)4-37-6(15(25)31)1-17(24-5-20-10-13(24)21-16(19)22-14(10)30)12(29)11(28)7(39-17)3-38-43(34)41-44(35,36)40-42(32)33/h5-7,9,11-12,15,27-29,31H,1-4H2,(H4-2,19,21,22,23,26,30,32,33,35,36)/p+2/t6?,7-,9?,11-,12-,15?,17-/m1/s1. The zero-order valence-corrected chi connectivity index (χ0v) is 25.2. The molecule has 4 rings (SSSR count). The largest absolute Gasteiger partial charge is 0.708 e. The highest BCUT2D eigenvalue weighted by Gasteiger charge is 2.59. The predicted octanol–water partition coefficient (Wildman–Crippen LogP) is -3.07. The summed E-state index contributed by atoms with van der Waals surface area (Å²) in [6.45, 7) is -1.42. The van der Waals surface area contributed by atoms with Gasteiger partial charge in [-0.2, -0.15) is 9.99 Å². The predicted molar refractivity (Wildman–Crippen MR) is 140 cm³/mol. The van der Waals surface area contributed by atoms with Crippen molar-refractivity contribution in [3.63, 3.8) is 0 Å². The van der Waals surface area contributed by atoms with E-state index in [0.29, 0.717) is 0 Å². The molecule has 6 unspecified atom stereocenters. The topological polar surface area (TPSA) is 341 Å². The number of aromatic amines is 1. The van der Waals surface area contributed by atoms with Crippen molar-refractivity contribution in [1.82, 2.24) is 30.0 Å². The van der Waals surface area contributed by atoms with Gasteiger partial charge in [0.1, 0.15) is 43.1 Å². The van der Waals surface area contributed by atoms with Crippen LogP contribution in [0, 0.1) is 0 Å². The molecule has 0 aliphatic carbocycles. The number of nitrogens with two attached hydrogens (primary N) is 1. The first-order chi connectivity index (χ1) is 20.6. The van der Waals surface area contributed by atoms with Gasteiger partial charge in [0.25, 0.3) is 5.56 Å². The molecular formula is C17H25ClN7O16P3+2. The Morgan fingerprint density at radius 2 is 2.00 bits per heavy atom. The van der Waals surface area contributed by atoms with E-state index in [1.54, 1.807) is 0 Å². The van der Waals surface area contributed by atoms with Crippen molar-refractivity contribution in [3.05, 3.63) is 16.7 Å². The number of alkyl halides is 1. The number of phosphoric acid groups is 1. The number of rotatable bonds is 12. The quantitative estimate of drug-likeness (QED) is 0.0778. The summed E-state index contributed by atoms with van der Waals surface area (Å²) in [5.41, 5.74) is 4.24. The maximum atomic E-state index is 12.4. The molecule has 10 atom stereocenters. The molecule has 2 aromatic rings. The molecule has 2 aliphatic heterocycles. The normalized spacial score (nSPS) is 31.5. The number of nitrogens with one attached hydrogen (secondary N) is 2. The number of nitrogens with zero attached hydrogens (tertiary/aromatic N) is 4. The van der Waals surface area contributed by atoms with Crippen LogP contribution in [-0.2, 0) is 46.8 Å². The number of H-pyrrole nitrogens is 1. The molecule has 0 aromatic carbocycles. The fourth-order valence-corrected chi connectivity index (χ4v) is 6.80. The van der Waals surface area contributed by atoms with E-state index in [2.05, 4.69) is 29.0 Å². The van der Waals surface area contributed by atoms with Crippen molar-refractivity contribution in [2.24, 2.45) is 0 Å². The number of aliphatic hydroxyl groups is 4. The Balaban J connectivity index is 1.67. The number of halogens is 1. The van der Waals surface area contributed by atoms with E-state index in [1.165, 1.54) is 0 Å². The van der Waals surface area contributed by atoms with Crippen LogP contribution in [0.3, 0.4) is 0 Å². The Bertz CT molecular complexity index is 1530. The number of anilines is 1. The van der Waals surface area contributed by atoms with E-state index in [4.69, 9.17) is 36.2 Å². The fraction of sp³-hybridized carbons (Fsp3) is 0.647. The molecule has 23 nitrogen and oxygen atoms in total. The number of nitrogen functional groups attached to an aromatic ring is 1. The zero-order chi connectivity index (χ0) is 32.6. The van der Waals surface area contributed by atoms with Crippen LogP contribution < -0.4 is 16.7 Å². The molecule has 0 saturated carbocycles. The van der Waals surface area contributed by atoms with Crippen molar-refractivity contribution < 1.29 is 71.3 Å². The minimum Gasteiger partial charge on any atom is -0.387 e. The number of morpholine rings is 1. The lowest BCUT2D eigenvalue weighted by atomic mass is 9.94. The third-order valence-corrected chi connectivity index (χ3v) is 9.65. The third-order valence-electron chi connectivity index (χ3n) is 6.31. The van der Waals surface area contributed by atoms with Gasteiger partial charge in [-0.25, -0.2) is 9.55 Å². The summed E-state index contributed by atoms with van der Waals surface area (Å²) in [6.07, 6.45) is -10.0. The van der Waals surface area contributed by atoms with Crippen LogP contribution in [-0.4, -0.2) is 117 Å². The van der Waals surface area contributed by atoms with Gasteiger partial charge in [0.05, 0.1) is 12.9 Å². The average Bonchev–Trinajstić information content (AvgIpc) is 3.46. The second-order valence-corrected chi connectivity index (χ2v) is 12.8. The van der Waals surface area contributed by atoms with E-state index < -0.39 is 104 Å². The summed E-state index contributed by atoms with van der Waals surface area (Å²) < 4.78 is 59.4. The van der Waals surface area contributed by atoms with Gasteiger partial charge in [-0.1, -0.05) is 0 Å². The van der Waals surface area contributed by atoms with Crippen molar-refractivity contribution in [2.45, 2.75) is 49.0 Å². The van der Waals surface area contributed by atoms with Gasteiger partial charge < -0.3 is 35.6 Å². The average molecular weight is 712 g/mol. The minimum absolute atomic E-state index is 0.275. The first kappa shape index (κ1) is 34.7. The fourth-order valence-electron chi connectivity index (χ4n) is 4.52. The first-order valence-electron chi connectivity index (χ1n) is 12.0. The number of aliphatic hydroxyl groups excluding tert-OH is 4. The Morgan fingerprint density at radius 3 is 2.66 bits per heavy atom. The van der Waals surface area contributed by atoms with E-state index in [-0.39, 0.29) is 17.1 Å². The summed E-state index contributed by atoms with van der Waals surface area (Å²) in [7, 11) is -12.5. The Labute approximate surface area is 250 Å². The minimum atomic E-state index is -5.32. The number of hydrogen-bond donors (Lipinski definition) is 9. The molecule has 4 heterocycles.